The van der Waals surface area contributed by atoms with Gasteiger partial charge in [0.05, 0.1) is 12.4 Å². The molecule has 116 valence electrons. The van der Waals surface area contributed by atoms with Gasteiger partial charge in [-0.25, -0.2) is 14.8 Å². The van der Waals surface area contributed by atoms with Crippen LogP contribution in [-0.2, 0) is 6.54 Å². The maximum absolute atomic E-state index is 10.7. The summed E-state index contributed by atoms with van der Waals surface area (Å²) in [6, 6.07) is 10.4. The molecule has 1 heterocycles. The number of carboxylic acid groups (broad SMARTS) is 1. The van der Waals surface area contributed by atoms with Gasteiger partial charge < -0.3 is 15.3 Å². The first-order valence-corrected chi connectivity index (χ1v) is 7.09. The van der Waals surface area contributed by atoms with Crippen LogP contribution in [-0.4, -0.2) is 45.6 Å². The zero-order chi connectivity index (χ0) is 15.9. The molecular formula is C16H20N4O2. The van der Waals surface area contributed by atoms with E-state index in [4.69, 9.17) is 5.11 Å². The summed E-state index contributed by atoms with van der Waals surface area (Å²) in [6.07, 6.45) is 2.70. The van der Waals surface area contributed by atoms with Gasteiger partial charge in [-0.05, 0) is 19.5 Å². The van der Waals surface area contributed by atoms with Crippen LogP contribution in [0.4, 0.5) is 5.82 Å². The second kappa shape index (κ2) is 7.51. The minimum absolute atomic E-state index is 0.0561. The second-order valence-corrected chi connectivity index (χ2v) is 5.32. The molecule has 6 heteroatoms. The van der Waals surface area contributed by atoms with Gasteiger partial charge in [0.25, 0.3) is 0 Å². The zero-order valence-corrected chi connectivity index (χ0v) is 12.7. The molecule has 0 saturated heterocycles. The van der Waals surface area contributed by atoms with Crippen LogP contribution >= 0.6 is 0 Å². The third-order valence-electron chi connectivity index (χ3n) is 3.15. The summed E-state index contributed by atoms with van der Waals surface area (Å²) in [7, 11) is 2.06. The molecule has 0 aliphatic rings. The number of aromatic carboxylic acids is 1. The Hall–Kier alpha value is -2.47. The van der Waals surface area contributed by atoms with E-state index in [9.17, 15) is 4.79 Å². The highest BCUT2D eigenvalue weighted by molar-refractivity contribution is 5.84. The average molecular weight is 300 g/mol. The van der Waals surface area contributed by atoms with Crippen molar-refractivity contribution in [3.63, 3.8) is 0 Å². The quantitative estimate of drug-likeness (QED) is 0.815. The summed E-state index contributed by atoms with van der Waals surface area (Å²) in [4.78, 5) is 20.8. The van der Waals surface area contributed by atoms with E-state index in [1.54, 1.807) is 0 Å². The van der Waals surface area contributed by atoms with E-state index < -0.39 is 5.97 Å². The first-order chi connectivity index (χ1) is 10.5. The highest BCUT2D eigenvalue weighted by atomic mass is 16.4. The fraction of sp³-hybridized carbons (Fsp3) is 0.312. The number of aromatic nitrogens is 2. The molecule has 0 unspecified atom stereocenters. The Morgan fingerprint density at radius 1 is 1.27 bits per heavy atom. The number of nitrogens with zero attached hydrogens (tertiary/aromatic N) is 3. The van der Waals surface area contributed by atoms with E-state index in [1.165, 1.54) is 18.0 Å². The van der Waals surface area contributed by atoms with E-state index in [1.807, 2.05) is 25.1 Å². The SMILES string of the molecule is C[C@H](CN(C)Cc1ccccc1)Nc1cnc(C(=O)O)cn1. The van der Waals surface area contributed by atoms with Crippen LogP contribution in [0.1, 0.15) is 23.0 Å². The molecule has 0 spiro atoms. The molecule has 0 bridgehead atoms. The standard InChI is InChI=1S/C16H20N4O2/c1-12(10-20(2)11-13-6-4-3-5-7-13)19-15-9-17-14(8-18-15)16(21)22/h3-9,12H,10-11H2,1-2H3,(H,18,19)(H,21,22)/t12-/m1/s1. The van der Waals surface area contributed by atoms with Crippen molar-refractivity contribution in [2.24, 2.45) is 0 Å². The lowest BCUT2D eigenvalue weighted by Crippen LogP contribution is -2.32. The van der Waals surface area contributed by atoms with Crippen LogP contribution in [0.2, 0.25) is 0 Å². The number of hydrogen-bond acceptors (Lipinski definition) is 5. The van der Waals surface area contributed by atoms with Gasteiger partial charge in [0.15, 0.2) is 5.69 Å². The van der Waals surface area contributed by atoms with Gasteiger partial charge in [-0.2, -0.15) is 0 Å². The van der Waals surface area contributed by atoms with Crippen molar-refractivity contribution in [3.05, 3.63) is 54.0 Å². The van der Waals surface area contributed by atoms with Crippen LogP contribution in [0.15, 0.2) is 42.7 Å². The van der Waals surface area contributed by atoms with Gasteiger partial charge in [0, 0.05) is 19.1 Å². The summed E-state index contributed by atoms with van der Waals surface area (Å²) in [6.45, 7) is 3.75. The molecule has 22 heavy (non-hydrogen) atoms. The molecule has 0 saturated carbocycles. The lowest BCUT2D eigenvalue weighted by Gasteiger charge is -2.22. The fourth-order valence-corrected chi connectivity index (χ4v) is 2.24. The minimum Gasteiger partial charge on any atom is -0.476 e. The highest BCUT2D eigenvalue weighted by Gasteiger charge is 2.09. The Balaban J connectivity index is 1.84. The molecule has 1 aromatic heterocycles. The molecule has 0 aliphatic carbocycles. The Bertz CT molecular complexity index is 601. The summed E-state index contributed by atoms with van der Waals surface area (Å²) in [5, 5.41) is 12.0. The number of carboxylic acids is 1. The fourth-order valence-electron chi connectivity index (χ4n) is 2.24. The van der Waals surface area contributed by atoms with Gasteiger partial charge in [0.1, 0.15) is 5.82 Å². The van der Waals surface area contributed by atoms with Crippen LogP contribution < -0.4 is 5.32 Å². The molecule has 6 nitrogen and oxygen atoms in total. The van der Waals surface area contributed by atoms with Crippen LogP contribution in [0.3, 0.4) is 0 Å². The molecule has 2 rings (SSSR count). The Morgan fingerprint density at radius 3 is 2.59 bits per heavy atom. The Morgan fingerprint density at radius 2 is 2.00 bits per heavy atom. The summed E-state index contributed by atoms with van der Waals surface area (Å²) in [5.74, 6) is -0.500. The van der Waals surface area contributed by atoms with Gasteiger partial charge in [0.2, 0.25) is 0 Å². The molecule has 0 amide bonds. The summed E-state index contributed by atoms with van der Waals surface area (Å²) >= 11 is 0. The van der Waals surface area contributed by atoms with Crippen molar-refractivity contribution in [2.45, 2.75) is 19.5 Å². The van der Waals surface area contributed by atoms with Crippen molar-refractivity contribution in [1.29, 1.82) is 0 Å². The smallest absolute Gasteiger partial charge is 0.356 e. The van der Waals surface area contributed by atoms with Gasteiger partial charge >= 0.3 is 5.97 Å². The normalized spacial score (nSPS) is 12.1. The lowest BCUT2D eigenvalue weighted by atomic mass is 10.2. The maximum Gasteiger partial charge on any atom is 0.356 e. The molecule has 1 atom stereocenters. The molecule has 1 aromatic carbocycles. The van der Waals surface area contributed by atoms with E-state index >= 15 is 0 Å². The van der Waals surface area contributed by atoms with Gasteiger partial charge in [-0.15, -0.1) is 0 Å². The van der Waals surface area contributed by atoms with Crippen molar-refractivity contribution in [2.75, 3.05) is 18.9 Å². The monoisotopic (exact) mass is 300 g/mol. The van der Waals surface area contributed by atoms with Gasteiger partial charge in [-0.3, -0.25) is 0 Å². The average Bonchev–Trinajstić information content (AvgIpc) is 2.48. The van der Waals surface area contributed by atoms with Crippen molar-refractivity contribution < 1.29 is 9.90 Å². The maximum atomic E-state index is 10.7. The molecule has 2 aromatic rings. The van der Waals surface area contributed by atoms with Gasteiger partial charge in [-0.1, -0.05) is 30.3 Å². The predicted molar refractivity (Wildman–Crippen MR) is 84.9 cm³/mol. The summed E-state index contributed by atoms with van der Waals surface area (Å²) in [5.41, 5.74) is 1.21. The number of hydrogen-bond donors (Lipinski definition) is 2. The Kier molecular flexibility index (Phi) is 5.43. The number of carbonyl (C=O) groups is 1. The number of likely N-dealkylation sites (N-methyl/N-ethyl adjacent to an activating group) is 1. The minimum atomic E-state index is -1.07. The number of nitrogens with one attached hydrogen (secondary N) is 1. The largest absolute Gasteiger partial charge is 0.476 e. The zero-order valence-electron chi connectivity index (χ0n) is 12.7. The molecule has 0 radical (unpaired) electrons. The number of anilines is 1. The molecular weight excluding hydrogens is 280 g/mol. The molecule has 0 aliphatic heterocycles. The number of benzene rings is 1. The van der Waals surface area contributed by atoms with Crippen LogP contribution in [0, 0.1) is 0 Å². The van der Waals surface area contributed by atoms with E-state index in [2.05, 4.69) is 39.4 Å². The van der Waals surface area contributed by atoms with Crippen LogP contribution in [0.5, 0.6) is 0 Å². The Labute approximate surface area is 129 Å². The topological polar surface area (TPSA) is 78.4 Å². The second-order valence-electron chi connectivity index (χ2n) is 5.32. The highest BCUT2D eigenvalue weighted by Crippen LogP contribution is 2.06. The van der Waals surface area contributed by atoms with Crippen LogP contribution in [0.25, 0.3) is 0 Å². The summed E-state index contributed by atoms with van der Waals surface area (Å²) < 4.78 is 0. The first-order valence-electron chi connectivity index (χ1n) is 7.09. The van der Waals surface area contributed by atoms with E-state index in [0.29, 0.717) is 5.82 Å². The van der Waals surface area contributed by atoms with E-state index in [-0.39, 0.29) is 11.7 Å². The lowest BCUT2D eigenvalue weighted by molar-refractivity contribution is 0.0690. The third kappa shape index (κ3) is 4.82. The third-order valence-corrected chi connectivity index (χ3v) is 3.15. The molecule has 0 fully saturated rings. The molecule has 2 N–H and O–H groups in total. The van der Waals surface area contributed by atoms with E-state index in [0.717, 1.165) is 13.1 Å². The predicted octanol–water partition coefficient (Wildman–Crippen LogP) is 2.11. The first kappa shape index (κ1) is 15.9. The van der Waals surface area contributed by atoms with Crippen molar-refractivity contribution in [3.8, 4) is 0 Å². The number of rotatable bonds is 7. The van der Waals surface area contributed by atoms with Crippen molar-refractivity contribution >= 4 is 11.8 Å². The van der Waals surface area contributed by atoms with Crippen molar-refractivity contribution in [1.82, 2.24) is 14.9 Å².